The van der Waals surface area contributed by atoms with Gasteiger partial charge in [-0.1, -0.05) is 13.0 Å². The highest BCUT2D eigenvalue weighted by atomic mass is 19.4. The number of piperazine rings is 1. The van der Waals surface area contributed by atoms with Crippen LogP contribution in [0.3, 0.4) is 0 Å². The lowest BCUT2D eigenvalue weighted by atomic mass is 10.1. The van der Waals surface area contributed by atoms with E-state index in [1.54, 1.807) is 18.3 Å². The fourth-order valence-electron chi connectivity index (χ4n) is 5.21. The zero-order valence-corrected chi connectivity index (χ0v) is 25.0. The molecule has 6 rings (SSSR count). The molecule has 0 bridgehead atoms. The first kappa shape index (κ1) is 30.3. The maximum atomic E-state index is 13.9. The van der Waals surface area contributed by atoms with Gasteiger partial charge >= 0.3 is 6.18 Å². The van der Waals surface area contributed by atoms with Gasteiger partial charge < -0.3 is 25.8 Å². The van der Waals surface area contributed by atoms with E-state index in [0.29, 0.717) is 53.3 Å². The summed E-state index contributed by atoms with van der Waals surface area (Å²) in [4.78, 5) is 34.8. The van der Waals surface area contributed by atoms with Gasteiger partial charge in [0.1, 0.15) is 24.3 Å². The predicted molar refractivity (Wildman–Crippen MR) is 168 cm³/mol. The summed E-state index contributed by atoms with van der Waals surface area (Å²) in [6.07, 6.45) is 2.20. The summed E-state index contributed by atoms with van der Waals surface area (Å²) < 4.78 is 41.6. The van der Waals surface area contributed by atoms with E-state index < -0.39 is 17.6 Å². The quantitative estimate of drug-likeness (QED) is 0.209. The topological polar surface area (TPSA) is 111 Å². The highest BCUT2D eigenvalue weighted by Crippen LogP contribution is 2.35. The van der Waals surface area contributed by atoms with Crippen LogP contribution in [0.5, 0.6) is 0 Å². The number of likely N-dealkylation sites (N-methyl/N-ethyl adjacent to an activating group) is 1. The summed E-state index contributed by atoms with van der Waals surface area (Å²) in [6.45, 7) is 7.50. The molecule has 10 nitrogen and oxygen atoms in total. The van der Waals surface area contributed by atoms with Crippen LogP contribution in [0.4, 0.5) is 41.9 Å². The predicted octanol–water partition coefficient (Wildman–Crippen LogP) is 5.97. The van der Waals surface area contributed by atoms with E-state index in [9.17, 15) is 18.0 Å². The summed E-state index contributed by atoms with van der Waals surface area (Å²) in [6, 6.07) is 11.1. The van der Waals surface area contributed by atoms with Crippen molar-refractivity contribution in [2.24, 2.45) is 0 Å². The van der Waals surface area contributed by atoms with Crippen molar-refractivity contribution in [1.82, 2.24) is 24.8 Å². The molecule has 2 aromatic heterocycles. The lowest BCUT2D eigenvalue weighted by molar-refractivity contribution is -0.137. The Bertz CT molecular complexity index is 1680. The van der Waals surface area contributed by atoms with E-state index in [1.807, 2.05) is 24.0 Å². The molecule has 3 heterocycles. The van der Waals surface area contributed by atoms with Crippen molar-refractivity contribution in [3.8, 4) is 11.3 Å². The minimum atomic E-state index is -4.59. The van der Waals surface area contributed by atoms with Crippen LogP contribution in [0.15, 0.2) is 61.3 Å². The molecule has 45 heavy (non-hydrogen) atoms. The number of aryl methyl sites for hydroxylation is 1. The maximum Gasteiger partial charge on any atom is 0.416 e. The Hall–Kier alpha value is -4.78. The molecule has 2 aromatic carbocycles. The minimum Gasteiger partial charge on any atom is -0.369 e. The number of halogens is 3. The third-order valence-corrected chi connectivity index (χ3v) is 8.03. The number of benzene rings is 2. The van der Waals surface area contributed by atoms with Crippen LogP contribution in [0.1, 0.15) is 41.3 Å². The summed E-state index contributed by atoms with van der Waals surface area (Å²) in [5, 5.41) is 9.45. The summed E-state index contributed by atoms with van der Waals surface area (Å²) >= 11 is 0. The van der Waals surface area contributed by atoms with Crippen molar-refractivity contribution >= 4 is 34.6 Å². The number of anilines is 5. The molecule has 234 valence electrons. The molecule has 0 radical (unpaired) electrons. The van der Waals surface area contributed by atoms with E-state index in [2.05, 4.69) is 47.7 Å². The van der Waals surface area contributed by atoms with E-state index >= 15 is 0 Å². The van der Waals surface area contributed by atoms with Crippen LogP contribution in [0.2, 0.25) is 0 Å². The fraction of sp³-hybridized carbons (Fsp3) is 0.344. The third-order valence-electron chi connectivity index (χ3n) is 8.03. The Morgan fingerprint density at radius 3 is 2.51 bits per heavy atom. The number of hydrogen-bond donors (Lipinski definition) is 3. The molecule has 3 N–H and O–H groups in total. The number of nitrogens with one attached hydrogen (secondary N) is 3. The van der Waals surface area contributed by atoms with Crippen LogP contribution in [-0.4, -0.2) is 69.5 Å². The molecule has 1 aliphatic heterocycles. The number of nitrogens with zero attached hydrogens (tertiary/aromatic N) is 6. The number of rotatable bonds is 9. The standard InChI is InChI=1S/C32H34F3N9O/c1-3-43-8-10-44(11-9-43)25-13-21(12-22(14-25)32(33,34)35)31(45)41-24-5-4-20(2)27(15-24)42-30-26(17-36-18-39-30)28-16-29(38-19-37-28)40-23-6-7-23/h4-5,12-19,23H,3,6-11H2,1-2H3,(H,41,45)(H,36,39,42)(H,37,38,40). The Morgan fingerprint density at radius 1 is 0.978 bits per heavy atom. The summed E-state index contributed by atoms with van der Waals surface area (Å²) in [5.41, 5.74) is 2.68. The molecule has 0 unspecified atom stereocenters. The number of hydrogen-bond acceptors (Lipinski definition) is 9. The van der Waals surface area contributed by atoms with Gasteiger partial charge in [-0.05, 0) is 62.2 Å². The second kappa shape index (κ2) is 12.7. The Labute approximate surface area is 259 Å². The molecule has 2 fully saturated rings. The van der Waals surface area contributed by atoms with E-state index in [-0.39, 0.29) is 5.56 Å². The first-order valence-corrected chi connectivity index (χ1v) is 14.9. The molecule has 0 spiro atoms. The van der Waals surface area contributed by atoms with E-state index in [4.69, 9.17) is 0 Å². The summed E-state index contributed by atoms with van der Waals surface area (Å²) in [7, 11) is 0. The van der Waals surface area contributed by atoms with Gasteiger partial charge in [0.15, 0.2) is 0 Å². The number of aromatic nitrogens is 4. The number of carbonyl (C=O) groups is 1. The molecule has 13 heteroatoms. The molecule has 2 aliphatic rings. The van der Waals surface area contributed by atoms with Gasteiger partial charge in [0, 0.05) is 67.1 Å². The van der Waals surface area contributed by atoms with Crippen LogP contribution < -0.4 is 20.9 Å². The Kier molecular flexibility index (Phi) is 8.52. The van der Waals surface area contributed by atoms with Gasteiger partial charge in [-0.3, -0.25) is 4.79 Å². The minimum absolute atomic E-state index is 0.0645. The van der Waals surface area contributed by atoms with Crippen molar-refractivity contribution in [2.75, 3.05) is 53.6 Å². The first-order valence-electron chi connectivity index (χ1n) is 14.9. The van der Waals surface area contributed by atoms with E-state index in [0.717, 1.165) is 56.0 Å². The summed E-state index contributed by atoms with van der Waals surface area (Å²) in [5.74, 6) is 0.584. The van der Waals surface area contributed by atoms with Crippen molar-refractivity contribution in [1.29, 1.82) is 0 Å². The lowest BCUT2D eigenvalue weighted by Crippen LogP contribution is -2.46. The third kappa shape index (κ3) is 7.31. The van der Waals surface area contributed by atoms with Crippen LogP contribution >= 0.6 is 0 Å². The van der Waals surface area contributed by atoms with Crippen LogP contribution in [0, 0.1) is 6.92 Å². The van der Waals surface area contributed by atoms with Gasteiger partial charge in [0.05, 0.1) is 16.8 Å². The van der Waals surface area contributed by atoms with E-state index in [1.165, 1.54) is 18.7 Å². The van der Waals surface area contributed by atoms with Crippen molar-refractivity contribution < 1.29 is 18.0 Å². The molecule has 1 saturated carbocycles. The van der Waals surface area contributed by atoms with Gasteiger partial charge in [0.25, 0.3) is 5.91 Å². The molecular formula is C32H34F3N9O. The highest BCUT2D eigenvalue weighted by Gasteiger charge is 2.33. The maximum absolute atomic E-state index is 13.9. The Morgan fingerprint density at radius 2 is 1.78 bits per heavy atom. The smallest absolute Gasteiger partial charge is 0.369 e. The fourth-order valence-corrected chi connectivity index (χ4v) is 5.21. The number of carbonyl (C=O) groups excluding carboxylic acids is 1. The number of alkyl halides is 3. The second-order valence-corrected chi connectivity index (χ2v) is 11.3. The largest absolute Gasteiger partial charge is 0.416 e. The lowest BCUT2D eigenvalue weighted by Gasteiger charge is -2.36. The first-order chi connectivity index (χ1) is 21.7. The zero-order valence-electron chi connectivity index (χ0n) is 25.0. The van der Waals surface area contributed by atoms with Crippen LogP contribution in [0.25, 0.3) is 11.3 Å². The average Bonchev–Trinajstić information content (AvgIpc) is 3.86. The van der Waals surface area contributed by atoms with Gasteiger partial charge in [-0.15, -0.1) is 0 Å². The van der Waals surface area contributed by atoms with Gasteiger partial charge in [-0.25, -0.2) is 19.9 Å². The SMILES string of the molecule is CCN1CCN(c2cc(C(=O)Nc3ccc(C)c(Nc4ncncc4-c4cc(NC5CC5)ncn4)c3)cc(C(F)(F)F)c2)CC1. The second-order valence-electron chi connectivity index (χ2n) is 11.3. The monoisotopic (exact) mass is 617 g/mol. The van der Waals surface area contributed by atoms with Crippen molar-refractivity contribution in [3.63, 3.8) is 0 Å². The van der Waals surface area contributed by atoms with Gasteiger partial charge in [0.2, 0.25) is 0 Å². The van der Waals surface area contributed by atoms with Crippen LogP contribution in [-0.2, 0) is 6.18 Å². The molecule has 1 amide bonds. The molecule has 0 atom stereocenters. The zero-order chi connectivity index (χ0) is 31.6. The van der Waals surface area contributed by atoms with Crippen molar-refractivity contribution in [3.05, 3.63) is 78.0 Å². The van der Waals surface area contributed by atoms with Crippen molar-refractivity contribution in [2.45, 2.75) is 38.9 Å². The average molecular weight is 618 g/mol. The molecule has 4 aromatic rings. The number of amides is 1. The van der Waals surface area contributed by atoms with Gasteiger partial charge in [-0.2, -0.15) is 13.2 Å². The molecule has 1 saturated heterocycles. The Balaban J connectivity index is 1.23. The molecule has 1 aliphatic carbocycles. The normalized spacial score (nSPS) is 15.5. The molecular weight excluding hydrogens is 583 g/mol. The highest BCUT2D eigenvalue weighted by molar-refractivity contribution is 6.05.